The van der Waals surface area contributed by atoms with Crippen LogP contribution in [0.4, 0.5) is 0 Å². The van der Waals surface area contributed by atoms with Gasteiger partial charge in [0.2, 0.25) is 0 Å². The molecule has 90 valence electrons. The Bertz CT molecular complexity index is 147. The van der Waals surface area contributed by atoms with Crippen LogP contribution in [0.2, 0.25) is 0 Å². The average molecular weight is 213 g/mol. The van der Waals surface area contributed by atoms with Crippen molar-refractivity contribution in [1.82, 2.24) is 0 Å². The molecular formula is C13H27NO. The first-order chi connectivity index (χ1) is 7.27. The third-order valence-electron chi connectivity index (χ3n) is 3.71. The van der Waals surface area contributed by atoms with Gasteiger partial charge in [-0.05, 0) is 19.3 Å². The Morgan fingerprint density at radius 1 is 0.800 bits per heavy atom. The lowest BCUT2D eigenvalue weighted by Crippen LogP contribution is -2.40. The zero-order chi connectivity index (χ0) is 11.0. The summed E-state index contributed by atoms with van der Waals surface area (Å²) in [7, 11) is 0. The molecule has 0 atom stereocenters. The molecule has 0 aliphatic heterocycles. The first-order valence-corrected chi connectivity index (χ1v) is 6.67. The summed E-state index contributed by atoms with van der Waals surface area (Å²) in [6.07, 6.45) is 13.7. The monoisotopic (exact) mass is 213 g/mol. The average Bonchev–Trinajstić information content (AvgIpc) is 2.24. The third-order valence-corrected chi connectivity index (χ3v) is 3.71. The summed E-state index contributed by atoms with van der Waals surface area (Å²) in [5, 5.41) is 9.05. The second kappa shape index (κ2) is 7.24. The molecule has 0 aromatic heterocycles. The van der Waals surface area contributed by atoms with E-state index in [1.807, 2.05) is 0 Å². The van der Waals surface area contributed by atoms with Crippen LogP contribution in [0, 0.1) is 0 Å². The molecule has 2 heteroatoms. The molecule has 1 aliphatic rings. The van der Waals surface area contributed by atoms with Crippen LogP contribution in [0.15, 0.2) is 0 Å². The van der Waals surface area contributed by atoms with E-state index in [0.29, 0.717) is 0 Å². The maximum Gasteiger partial charge on any atom is 0.0448 e. The quantitative estimate of drug-likeness (QED) is 0.740. The van der Waals surface area contributed by atoms with Crippen molar-refractivity contribution in [3.05, 3.63) is 0 Å². The molecule has 1 rings (SSSR count). The third kappa shape index (κ3) is 5.53. The molecule has 0 aromatic carbocycles. The Kier molecular flexibility index (Phi) is 6.26. The first-order valence-electron chi connectivity index (χ1n) is 6.67. The Morgan fingerprint density at radius 3 is 1.60 bits per heavy atom. The molecule has 0 spiro atoms. The molecule has 1 saturated carbocycles. The lowest BCUT2D eigenvalue weighted by molar-refractivity contribution is 0.217. The molecule has 0 bridgehead atoms. The Morgan fingerprint density at radius 2 is 1.20 bits per heavy atom. The van der Waals surface area contributed by atoms with Crippen molar-refractivity contribution >= 4 is 0 Å². The predicted octanol–water partition coefficient (Wildman–Crippen LogP) is 2.98. The maximum absolute atomic E-state index is 9.05. The highest BCUT2D eigenvalue weighted by atomic mass is 16.3. The topological polar surface area (TPSA) is 46.2 Å². The van der Waals surface area contributed by atoms with Crippen LogP contribution in [-0.4, -0.2) is 17.3 Å². The van der Waals surface area contributed by atoms with Gasteiger partial charge in [-0.15, -0.1) is 0 Å². The zero-order valence-electron chi connectivity index (χ0n) is 10.0. The normalized spacial score (nSPS) is 24.4. The highest BCUT2D eigenvalue weighted by Gasteiger charge is 2.23. The van der Waals surface area contributed by atoms with Gasteiger partial charge in [0.25, 0.3) is 0 Å². The van der Waals surface area contributed by atoms with Gasteiger partial charge in [0.05, 0.1) is 0 Å². The predicted molar refractivity (Wildman–Crippen MR) is 64.8 cm³/mol. The van der Waals surface area contributed by atoms with Crippen molar-refractivity contribution in [3.8, 4) is 0 Å². The molecule has 0 unspecified atom stereocenters. The summed E-state index contributed by atoms with van der Waals surface area (Å²) in [4.78, 5) is 0. The van der Waals surface area contributed by atoms with E-state index in [9.17, 15) is 0 Å². The van der Waals surface area contributed by atoms with Crippen LogP contribution in [0.3, 0.4) is 0 Å². The van der Waals surface area contributed by atoms with Gasteiger partial charge >= 0.3 is 0 Å². The van der Waals surface area contributed by atoms with Crippen LogP contribution in [0.1, 0.15) is 70.6 Å². The van der Waals surface area contributed by atoms with E-state index in [-0.39, 0.29) is 12.1 Å². The number of hydrogen-bond acceptors (Lipinski definition) is 2. The molecular weight excluding hydrogens is 186 g/mol. The van der Waals surface area contributed by atoms with Crippen molar-refractivity contribution < 1.29 is 5.11 Å². The minimum atomic E-state index is -0.0703. The van der Waals surface area contributed by atoms with Crippen molar-refractivity contribution in [1.29, 1.82) is 0 Å². The number of rotatable bonds is 2. The highest BCUT2D eigenvalue weighted by molar-refractivity contribution is 4.83. The molecule has 3 N–H and O–H groups in total. The van der Waals surface area contributed by atoms with Crippen LogP contribution in [0.25, 0.3) is 0 Å². The first kappa shape index (κ1) is 13.0. The van der Waals surface area contributed by atoms with E-state index in [1.54, 1.807) is 0 Å². The van der Waals surface area contributed by atoms with E-state index < -0.39 is 0 Å². The molecule has 0 amide bonds. The van der Waals surface area contributed by atoms with Crippen LogP contribution < -0.4 is 5.73 Å². The Hall–Kier alpha value is -0.0800. The van der Waals surface area contributed by atoms with E-state index in [4.69, 9.17) is 10.8 Å². The summed E-state index contributed by atoms with van der Waals surface area (Å²) in [6, 6.07) is 0. The lowest BCUT2D eigenvalue weighted by Gasteiger charge is -2.29. The fraction of sp³-hybridized carbons (Fsp3) is 1.00. The minimum absolute atomic E-state index is 0.0703. The van der Waals surface area contributed by atoms with Gasteiger partial charge in [0.1, 0.15) is 0 Å². The Labute approximate surface area is 94.2 Å². The molecule has 1 aliphatic carbocycles. The fourth-order valence-electron chi connectivity index (χ4n) is 2.61. The van der Waals surface area contributed by atoms with E-state index in [0.717, 1.165) is 19.3 Å². The van der Waals surface area contributed by atoms with E-state index >= 15 is 0 Å². The van der Waals surface area contributed by atoms with Crippen LogP contribution in [-0.2, 0) is 0 Å². The van der Waals surface area contributed by atoms with Crippen LogP contribution in [0.5, 0.6) is 0 Å². The van der Waals surface area contributed by atoms with Gasteiger partial charge < -0.3 is 10.8 Å². The fourth-order valence-corrected chi connectivity index (χ4v) is 2.61. The standard InChI is InChI=1S/C13H27NO/c14-13(11-12-15)9-7-5-3-1-2-4-6-8-10-13/h15H,1-12,14H2. The molecule has 0 heterocycles. The van der Waals surface area contributed by atoms with Crippen LogP contribution >= 0.6 is 0 Å². The Balaban J connectivity index is 2.37. The molecule has 2 nitrogen and oxygen atoms in total. The van der Waals surface area contributed by atoms with Crippen molar-refractivity contribution in [2.24, 2.45) is 5.73 Å². The molecule has 1 fully saturated rings. The van der Waals surface area contributed by atoms with Gasteiger partial charge in [0.15, 0.2) is 0 Å². The summed E-state index contributed by atoms with van der Waals surface area (Å²) in [5.74, 6) is 0. The van der Waals surface area contributed by atoms with Gasteiger partial charge in [-0.3, -0.25) is 0 Å². The second-order valence-corrected chi connectivity index (χ2v) is 5.16. The second-order valence-electron chi connectivity index (χ2n) is 5.16. The van der Waals surface area contributed by atoms with Crippen molar-refractivity contribution in [2.75, 3.05) is 6.61 Å². The number of hydrogen-bond donors (Lipinski definition) is 2. The number of aliphatic hydroxyl groups is 1. The molecule has 15 heavy (non-hydrogen) atoms. The molecule has 0 radical (unpaired) electrons. The molecule has 0 aromatic rings. The van der Waals surface area contributed by atoms with Gasteiger partial charge in [-0.2, -0.15) is 0 Å². The van der Waals surface area contributed by atoms with E-state index in [2.05, 4.69) is 0 Å². The van der Waals surface area contributed by atoms with Gasteiger partial charge in [0, 0.05) is 12.1 Å². The van der Waals surface area contributed by atoms with Crippen molar-refractivity contribution in [2.45, 2.75) is 76.2 Å². The SMILES string of the molecule is NC1(CCO)CCCCCCCCCC1. The zero-order valence-corrected chi connectivity index (χ0v) is 10.0. The maximum atomic E-state index is 9.05. The van der Waals surface area contributed by atoms with E-state index in [1.165, 1.54) is 51.4 Å². The lowest BCUT2D eigenvalue weighted by atomic mass is 9.85. The largest absolute Gasteiger partial charge is 0.396 e. The van der Waals surface area contributed by atoms with Gasteiger partial charge in [-0.25, -0.2) is 0 Å². The summed E-state index contributed by atoms with van der Waals surface area (Å²) >= 11 is 0. The van der Waals surface area contributed by atoms with Crippen molar-refractivity contribution in [3.63, 3.8) is 0 Å². The summed E-state index contributed by atoms with van der Waals surface area (Å²) in [6.45, 7) is 0.247. The smallest absolute Gasteiger partial charge is 0.0448 e. The highest BCUT2D eigenvalue weighted by Crippen LogP contribution is 2.25. The summed E-state index contributed by atoms with van der Waals surface area (Å²) < 4.78 is 0. The minimum Gasteiger partial charge on any atom is -0.396 e. The number of nitrogens with two attached hydrogens (primary N) is 1. The molecule has 0 saturated heterocycles. The summed E-state index contributed by atoms with van der Waals surface area (Å²) in [5.41, 5.74) is 6.28. The van der Waals surface area contributed by atoms with Gasteiger partial charge in [-0.1, -0.05) is 51.4 Å². The number of aliphatic hydroxyl groups excluding tert-OH is 1.